The number of aryl methyl sites for hydroxylation is 1. The molecule has 18 heavy (non-hydrogen) atoms. The fraction of sp³-hybridized carbons (Fsp3) is 0.182. The number of halogens is 2. The molecule has 0 unspecified atom stereocenters. The molecule has 94 valence electrons. The van der Waals surface area contributed by atoms with E-state index in [1.165, 1.54) is 0 Å². The Hall–Kier alpha value is -1.59. The number of carbonyl (C=O) groups excluding carboxylic acids is 1. The maximum atomic E-state index is 11.8. The van der Waals surface area contributed by atoms with Crippen LogP contribution in [0.1, 0.15) is 22.1 Å². The van der Waals surface area contributed by atoms with Gasteiger partial charge in [-0.2, -0.15) is 4.98 Å². The maximum absolute atomic E-state index is 11.8. The van der Waals surface area contributed by atoms with Crippen molar-refractivity contribution in [3.63, 3.8) is 0 Å². The normalized spacial score (nSPS) is 10.4. The average molecular weight is 287 g/mol. The predicted octanol–water partition coefficient (Wildman–Crippen LogP) is 3.04. The van der Waals surface area contributed by atoms with Crippen molar-refractivity contribution >= 4 is 29.2 Å². The van der Waals surface area contributed by atoms with Crippen molar-refractivity contribution in [3.8, 4) is 0 Å². The summed E-state index contributed by atoms with van der Waals surface area (Å²) >= 11 is 11.7. The van der Waals surface area contributed by atoms with Gasteiger partial charge in [0.15, 0.2) is 12.4 Å². The Morgan fingerprint density at radius 2 is 2.06 bits per heavy atom. The molecule has 1 aromatic carbocycles. The van der Waals surface area contributed by atoms with Gasteiger partial charge in [0.2, 0.25) is 0 Å². The van der Waals surface area contributed by atoms with E-state index in [0.717, 1.165) is 0 Å². The maximum Gasteiger partial charge on any atom is 0.341 e. The molecule has 0 aliphatic heterocycles. The number of rotatable bonds is 3. The number of carbonyl (C=O) groups is 1. The van der Waals surface area contributed by atoms with Gasteiger partial charge in [0.25, 0.3) is 5.89 Å². The molecule has 0 aliphatic carbocycles. The van der Waals surface area contributed by atoms with Crippen LogP contribution >= 0.6 is 23.2 Å². The Kier molecular flexibility index (Phi) is 3.84. The summed E-state index contributed by atoms with van der Waals surface area (Å²) in [4.78, 5) is 15.7. The highest BCUT2D eigenvalue weighted by Crippen LogP contribution is 2.25. The minimum absolute atomic E-state index is 0.122. The van der Waals surface area contributed by atoms with Crippen molar-refractivity contribution in [1.29, 1.82) is 0 Å². The summed E-state index contributed by atoms with van der Waals surface area (Å²) in [6.45, 7) is 1.54. The van der Waals surface area contributed by atoms with Crippen LogP contribution in [0.25, 0.3) is 0 Å². The van der Waals surface area contributed by atoms with Crippen LogP contribution in [0.3, 0.4) is 0 Å². The highest BCUT2D eigenvalue weighted by atomic mass is 35.5. The standard InChI is InChI=1S/C11H8Cl2N2O3/c1-6-14-9(18-15-6)5-17-11(16)10-7(12)3-2-4-8(10)13/h2-4H,5H2,1H3. The second kappa shape index (κ2) is 5.37. The van der Waals surface area contributed by atoms with Gasteiger partial charge in [0.1, 0.15) is 0 Å². The van der Waals surface area contributed by atoms with E-state index < -0.39 is 5.97 Å². The van der Waals surface area contributed by atoms with E-state index in [0.29, 0.717) is 5.82 Å². The first-order chi connectivity index (χ1) is 8.58. The molecule has 0 fully saturated rings. The molecule has 2 rings (SSSR count). The van der Waals surface area contributed by atoms with E-state index in [-0.39, 0.29) is 28.1 Å². The van der Waals surface area contributed by atoms with Crippen LogP contribution in [0.2, 0.25) is 10.0 Å². The van der Waals surface area contributed by atoms with E-state index in [9.17, 15) is 4.79 Å². The number of hydrogen-bond acceptors (Lipinski definition) is 5. The highest BCUT2D eigenvalue weighted by molar-refractivity contribution is 6.39. The summed E-state index contributed by atoms with van der Waals surface area (Å²) in [5.74, 6) is 0.0438. The van der Waals surface area contributed by atoms with Crippen molar-refractivity contribution in [1.82, 2.24) is 10.1 Å². The molecule has 1 aromatic heterocycles. The lowest BCUT2D eigenvalue weighted by Gasteiger charge is -2.05. The largest absolute Gasteiger partial charge is 0.452 e. The van der Waals surface area contributed by atoms with Gasteiger partial charge in [0.05, 0.1) is 15.6 Å². The lowest BCUT2D eigenvalue weighted by molar-refractivity contribution is 0.0430. The Labute approximate surface area is 113 Å². The molecule has 0 bridgehead atoms. The second-order valence-corrected chi connectivity index (χ2v) is 4.22. The first-order valence-corrected chi connectivity index (χ1v) is 5.74. The van der Waals surface area contributed by atoms with Gasteiger partial charge in [-0.25, -0.2) is 4.79 Å². The number of aromatic nitrogens is 2. The Balaban J connectivity index is 2.08. The molecule has 0 spiro atoms. The number of benzene rings is 1. The third-order valence-electron chi connectivity index (χ3n) is 2.06. The molecule has 0 radical (unpaired) electrons. The fourth-order valence-corrected chi connectivity index (χ4v) is 1.84. The van der Waals surface area contributed by atoms with E-state index in [1.807, 2.05) is 0 Å². The summed E-state index contributed by atoms with van der Waals surface area (Å²) in [7, 11) is 0. The lowest BCUT2D eigenvalue weighted by Crippen LogP contribution is -2.07. The quantitative estimate of drug-likeness (QED) is 0.812. The van der Waals surface area contributed by atoms with Crippen LogP contribution in [0.15, 0.2) is 22.7 Å². The zero-order chi connectivity index (χ0) is 13.1. The Morgan fingerprint density at radius 1 is 1.39 bits per heavy atom. The topological polar surface area (TPSA) is 65.2 Å². The summed E-state index contributed by atoms with van der Waals surface area (Å²) in [6, 6.07) is 4.75. The number of nitrogens with zero attached hydrogens (tertiary/aromatic N) is 2. The molecule has 0 saturated carbocycles. The Bertz CT molecular complexity index is 563. The van der Waals surface area contributed by atoms with Crippen LogP contribution < -0.4 is 0 Å². The van der Waals surface area contributed by atoms with Gasteiger partial charge in [-0.05, 0) is 19.1 Å². The van der Waals surface area contributed by atoms with Crippen LogP contribution in [-0.4, -0.2) is 16.1 Å². The predicted molar refractivity (Wildman–Crippen MR) is 64.6 cm³/mol. The summed E-state index contributed by atoms with van der Waals surface area (Å²) in [5.41, 5.74) is 0.122. The average Bonchev–Trinajstić information content (AvgIpc) is 2.72. The zero-order valence-electron chi connectivity index (χ0n) is 9.31. The minimum Gasteiger partial charge on any atom is -0.452 e. The second-order valence-electron chi connectivity index (χ2n) is 3.41. The van der Waals surface area contributed by atoms with Crippen LogP contribution in [0, 0.1) is 6.92 Å². The van der Waals surface area contributed by atoms with E-state index in [2.05, 4.69) is 10.1 Å². The highest BCUT2D eigenvalue weighted by Gasteiger charge is 2.17. The van der Waals surface area contributed by atoms with Crippen LogP contribution in [-0.2, 0) is 11.3 Å². The van der Waals surface area contributed by atoms with Gasteiger partial charge >= 0.3 is 5.97 Å². The smallest absolute Gasteiger partial charge is 0.341 e. The number of ether oxygens (including phenoxy) is 1. The Morgan fingerprint density at radius 3 is 2.61 bits per heavy atom. The van der Waals surface area contributed by atoms with Crippen molar-refractivity contribution in [2.45, 2.75) is 13.5 Å². The molecule has 0 amide bonds. The summed E-state index contributed by atoms with van der Waals surface area (Å²) in [5, 5.41) is 4.03. The number of hydrogen-bond donors (Lipinski definition) is 0. The van der Waals surface area contributed by atoms with E-state index in [1.54, 1.807) is 25.1 Å². The molecular weight excluding hydrogens is 279 g/mol. The first kappa shape index (κ1) is 12.9. The van der Waals surface area contributed by atoms with E-state index >= 15 is 0 Å². The lowest BCUT2D eigenvalue weighted by atomic mass is 10.2. The van der Waals surface area contributed by atoms with Gasteiger partial charge in [0, 0.05) is 0 Å². The molecule has 1 heterocycles. The minimum atomic E-state index is -0.638. The van der Waals surface area contributed by atoms with Crippen LogP contribution in [0.4, 0.5) is 0 Å². The van der Waals surface area contributed by atoms with Gasteiger partial charge in [-0.3, -0.25) is 0 Å². The molecule has 2 aromatic rings. The van der Waals surface area contributed by atoms with Crippen LogP contribution in [0.5, 0.6) is 0 Å². The van der Waals surface area contributed by atoms with Gasteiger partial charge in [-0.15, -0.1) is 0 Å². The number of esters is 1. The zero-order valence-corrected chi connectivity index (χ0v) is 10.8. The monoisotopic (exact) mass is 286 g/mol. The summed E-state index contributed by atoms with van der Waals surface area (Å²) in [6.07, 6.45) is 0. The van der Waals surface area contributed by atoms with Crippen molar-refractivity contribution in [2.75, 3.05) is 0 Å². The molecule has 0 aliphatic rings. The molecule has 7 heteroatoms. The van der Waals surface area contributed by atoms with E-state index in [4.69, 9.17) is 32.5 Å². The molecule has 0 N–H and O–H groups in total. The molecule has 0 saturated heterocycles. The molecular formula is C11H8Cl2N2O3. The van der Waals surface area contributed by atoms with Crippen molar-refractivity contribution < 1.29 is 14.1 Å². The SMILES string of the molecule is Cc1noc(COC(=O)c2c(Cl)cccc2Cl)n1. The van der Waals surface area contributed by atoms with Crippen molar-refractivity contribution in [2.24, 2.45) is 0 Å². The third kappa shape index (κ3) is 2.80. The van der Waals surface area contributed by atoms with Gasteiger partial charge in [-0.1, -0.05) is 34.4 Å². The molecule has 0 atom stereocenters. The molecule has 5 nitrogen and oxygen atoms in total. The third-order valence-corrected chi connectivity index (χ3v) is 2.69. The first-order valence-electron chi connectivity index (χ1n) is 4.98. The van der Waals surface area contributed by atoms with Gasteiger partial charge < -0.3 is 9.26 Å². The van der Waals surface area contributed by atoms with Crippen molar-refractivity contribution in [3.05, 3.63) is 45.5 Å². The summed E-state index contributed by atoms with van der Waals surface area (Å²) < 4.78 is 9.79. The fourth-order valence-electron chi connectivity index (χ4n) is 1.29.